The fraction of sp³-hybridized carbons (Fsp3) is 0.800. The summed E-state index contributed by atoms with van der Waals surface area (Å²) < 4.78 is 4.41. The van der Waals surface area contributed by atoms with Crippen molar-refractivity contribution >= 4 is 17.9 Å². The van der Waals surface area contributed by atoms with Crippen molar-refractivity contribution in [1.29, 1.82) is 0 Å². The Morgan fingerprint density at radius 3 is 2.89 bits per heavy atom. The molecule has 54 valence electrons. The summed E-state index contributed by atoms with van der Waals surface area (Å²) in [5.74, 6) is 0.652. The molecule has 0 aromatic rings. The van der Waals surface area contributed by atoms with Crippen LogP contribution in [0.5, 0.6) is 0 Å². The van der Waals surface area contributed by atoms with Crippen molar-refractivity contribution in [2.75, 3.05) is 12.9 Å². The van der Waals surface area contributed by atoms with Gasteiger partial charge in [-0.25, -0.2) is 0 Å². The van der Waals surface area contributed by atoms with Crippen LogP contribution < -0.4 is 5.14 Å². The molecular formula is C5H11NO2S. The van der Waals surface area contributed by atoms with Gasteiger partial charge in [-0.15, -0.1) is 0 Å². The first-order valence-electron chi connectivity index (χ1n) is 2.69. The summed E-state index contributed by atoms with van der Waals surface area (Å²) in [7, 11) is 1.39. The molecule has 9 heavy (non-hydrogen) atoms. The van der Waals surface area contributed by atoms with E-state index in [1.165, 1.54) is 19.1 Å². The lowest BCUT2D eigenvalue weighted by atomic mass is 10.3. The Kier molecular flexibility index (Phi) is 5.76. The standard InChI is InChI=1S/C5H11NO2S/c1-8-5(7)3-2-4-9-6/h2-4,6H2,1H3. The van der Waals surface area contributed by atoms with E-state index in [-0.39, 0.29) is 5.97 Å². The Balaban J connectivity index is 2.97. The van der Waals surface area contributed by atoms with Crippen molar-refractivity contribution in [3.8, 4) is 0 Å². The predicted octanol–water partition coefficient (Wildman–Crippen LogP) is 0.546. The van der Waals surface area contributed by atoms with E-state index in [4.69, 9.17) is 5.14 Å². The van der Waals surface area contributed by atoms with Crippen LogP contribution in [0.3, 0.4) is 0 Å². The molecule has 0 atom stereocenters. The van der Waals surface area contributed by atoms with Crippen molar-refractivity contribution in [2.45, 2.75) is 12.8 Å². The van der Waals surface area contributed by atoms with E-state index in [9.17, 15) is 4.79 Å². The summed E-state index contributed by atoms with van der Waals surface area (Å²) in [6, 6.07) is 0. The van der Waals surface area contributed by atoms with Crippen LogP contribution in [-0.2, 0) is 9.53 Å². The Morgan fingerprint density at radius 2 is 2.44 bits per heavy atom. The molecule has 0 fully saturated rings. The number of carbonyl (C=O) groups is 1. The zero-order valence-corrected chi connectivity index (χ0v) is 6.24. The SMILES string of the molecule is COC(=O)CCCSN. The molecule has 4 heteroatoms. The summed E-state index contributed by atoms with van der Waals surface area (Å²) in [5.41, 5.74) is 0. The van der Waals surface area contributed by atoms with Gasteiger partial charge in [0.1, 0.15) is 0 Å². The third-order valence-corrected chi connectivity index (χ3v) is 1.40. The monoisotopic (exact) mass is 149 g/mol. The lowest BCUT2D eigenvalue weighted by Crippen LogP contribution is -2.00. The van der Waals surface area contributed by atoms with Gasteiger partial charge in [-0.2, -0.15) is 0 Å². The highest BCUT2D eigenvalue weighted by atomic mass is 32.2. The van der Waals surface area contributed by atoms with Gasteiger partial charge >= 0.3 is 5.97 Å². The largest absolute Gasteiger partial charge is 0.469 e. The molecule has 0 unspecified atom stereocenters. The first kappa shape index (κ1) is 8.78. The van der Waals surface area contributed by atoms with Crippen LogP contribution in [-0.4, -0.2) is 18.8 Å². The van der Waals surface area contributed by atoms with E-state index < -0.39 is 0 Å². The number of esters is 1. The Morgan fingerprint density at radius 1 is 1.78 bits per heavy atom. The Hall–Kier alpha value is -0.220. The number of hydrogen-bond donors (Lipinski definition) is 1. The summed E-state index contributed by atoms with van der Waals surface area (Å²) in [6.07, 6.45) is 1.27. The maximum Gasteiger partial charge on any atom is 0.305 e. The summed E-state index contributed by atoms with van der Waals surface area (Å²) in [6.45, 7) is 0. The normalized spacial score (nSPS) is 9.11. The van der Waals surface area contributed by atoms with Gasteiger partial charge in [0.15, 0.2) is 0 Å². The summed E-state index contributed by atoms with van der Waals surface area (Å²) in [5, 5.41) is 5.12. The molecule has 0 aliphatic carbocycles. The van der Waals surface area contributed by atoms with E-state index >= 15 is 0 Å². The molecule has 0 rings (SSSR count). The quantitative estimate of drug-likeness (QED) is 0.360. The van der Waals surface area contributed by atoms with E-state index in [1.54, 1.807) is 0 Å². The molecule has 0 amide bonds. The Labute approximate surface area is 59.1 Å². The molecule has 0 aromatic heterocycles. The molecule has 0 radical (unpaired) electrons. The highest BCUT2D eigenvalue weighted by molar-refractivity contribution is 7.97. The van der Waals surface area contributed by atoms with E-state index in [0.29, 0.717) is 6.42 Å². The minimum absolute atomic E-state index is 0.163. The second-order valence-corrected chi connectivity index (χ2v) is 2.29. The lowest BCUT2D eigenvalue weighted by molar-refractivity contribution is -0.140. The molecule has 2 N–H and O–H groups in total. The van der Waals surface area contributed by atoms with Crippen molar-refractivity contribution in [3.05, 3.63) is 0 Å². The van der Waals surface area contributed by atoms with Crippen molar-refractivity contribution < 1.29 is 9.53 Å². The Bertz CT molecular complexity index is 87.0. The van der Waals surface area contributed by atoms with E-state index in [2.05, 4.69) is 4.74 Å². The van der Waals surface area contributed by atoms with Crippen LogP contribution in [0, 0.1) is 0 Å². The molecule has 0 bridgehead atoms. The average molecular weight is 149 g/mol. The molecule has 0 aromatic carbocycles. The molecular weight excluding hydrogens is 138 g/mol. The van der Waals surface area contributed by atoms with E-state index in [1.807, 2.05) is 0 Å². The zero-order valence-electron chi connectivity index (χ0n) is 5.42. The number of rotatable bonds is 4. The second kappa shape index (κ2) is 5.91. The van der Waals surface area contributed by atoms with Gasteiger partial charge < -0.3 is 4.74 Å². The molecule has 0 aliphatic rings. The van der Waals surface area contributed by atoms with Gasteiger partial charge in [0, 0.05) is 12.2 Å². The fourth-order valence-electron chi connectivity index (χ4n) is 0.402. The predicted molar refractivity (Wildman–Crippen MR) is 37.9 cm³/mol. The van der Waals surface area contributed by atoms with Crippen LogP contribution in [0.2, 0.25) is 0 Å². The van der Waals surface area contributed by atoms with Gasteiger partial charge in [-0.05, 0) is 6.42 Å². The molecule has 3 nitrogen and oxygen atoms in total. The lowest BCUT2D eigenvalue weighted by Gasteiger charge is -1.95. The minimum atomic E-state index is -0.163. The number of ether oxygens (including phenoxy) is 1. The van der Waals surface area contributed by atoms with Gasteiger partial charge in [0.2, 0.25) is 0 Å². The van der Waals surface area contributed by atoms with Crippen LogP contribution >= 0.6 is 11.9 Å². The maximum atomic E-state index is 10.4. The van der Waals surface area contributed by atoms with Gasteiger partial charge in [0.25, 0.3) is 0 Å². The van der Waals surface area contributed by atoms with Gasteiger partial charge in [-0.3, -0.25) is 9.93 Å². The molecule has 0 saturated carbocycles. The summed E-state index contributed by atoms with van der Waals surface area (Å²) >= 11 is 1.25. The molecule has 0 aliphatic heterocycles. The summed E-state index contributed by atoms with van der Waals surface area (Å²) in [4.78, 5) is 10.4. The smallest absolute Gasteiger partial charge is 0.305 e. The van der Waals surface area contributed by atoms with Crippen LogP contribution in [0.15, 0.2) is 0 Å². The average Bonchev–Trinajstić information content (AvgIpc) is 1.89. The number of nitrogens with two attached hydrogens (primary N) is 1. The van der Waals surface area contributed by atoms with Crippen LogP contribution in [0.25, 0.3) is 0 Å². The number of methoxy groups -OCH3 is 1. The zero-order chi connectivity index (χ0) is 7.11. The third-order valence-electron chi connectivity index (χ3n) is 0.871. The molecule has 0 spiro atoms. The van der Waals surface area contributed by atoms with Crippen molar-refractivity contribution in [1.82, 2.24) is 0 Å². The molecule has 0 heterocycles. The minimum Gasteiger partial charge on any atom is -0.469 e. The first-order chi connectivity index (χ1) is 4.31. The van der Waals surface area contributed by atoms with Gasteiger partial charge in [0.05, 0.1) is 7.11 Å². The highest BCUT2D eigenvalue weighted by Gasteiger charge is 1.96. The first-order valence-corrected chi connectivity index (χ1v) is 3.74. The topological polar surface area (TPSA) is 52.3 Å². The molecule has 0 saturated heterocycles. The number of hydrogen-bond acceptors (Lipinski definition) is 4. The van der Waals surface area contributed by atoms with Crippen LogP contribution in [0.1, 0.15) is 12.8 Å². The van der Waals surface area contributed by atoms with Crippen molar-refractivity contribution in [2.24, 2.45) is 5.14 Å². The third kappa shape index (κ3) is 5.65. The van der Waals surface area contributed by atoms with Crippen LogP contribution in [0.4, 0.5) is 0 Å². The highest BCUT2D eigenvalue weighted by Crippen LogP contribution is 1.96. The maximum absolute atomic E-state index is 10.4. The van der Waals surface area contributed by atoms with Crippen molar-refractivity contribution in [3.63, 3.8) is 0 Å². The van der Waals surface area contributed by atoms with E-state index in [0.717, 1.165) is 12.2 Å². The number of carbonyl (C=O) groups excluding carboxylic acids is 1. The fourth-order valence-corrected chi connectivity index (χ4v) is 0.713. The second-order valence-electron chi connectivity index (χ2n) is 1.55. The van der Waals surface area contributed by atoms with Gasteiger partial charge in [-0.1, -0.05) is 11.9 Å².